The van der Waals surface area contributed by atoms with Gasteiger partial charge < -0.3 is 5.11 Å². The summed E-state index contributed by atoms with van der Waals surface area (Å²) in [5.74, 6) is -0.847. The molecule has 0 aliphatic carbocycles. The third kappa shape index (κ3) is 1.52. The number of halogens is 1. The molecule has 0 aliphatic heterocycles. The summed E-state index contributed by atoms with van der Waals surface area (Å²) in [4.78, 5) is 10.9. The monoisotopic (exact) mass is 318 g/mol. The lowest BCUT2D eigenvalue weighted by Gasteiger charge is -1.99. The highest BCUT2D eigenvalue weighted by molar-refractivity contribution is 14.1. The number of aromatic carboxylic acids is 1. The van der Waals surface area contributed by atoms with E-state index in [0.717, 1.165) is 19.2 Å². The molecule has 0 saturated heterocycles. The Labute approximate surface area is 98.7 Å². The molecule has 1 heterocycles. The summed E-state index contributed by atoms with van der Waals surface area (Å²) >= 11 is 3.72. The van der Waals surface area contributed by atoms with Crippen molar-refractivity contribution >= 4 is 50.0 Å². The number of carboxylic acids is 1. The van der Waals surface area contributed by atoms with E-state index in [4.69, 9.17) is 5.11 Å². The fourth-order valence-electron chi connectivity index (χ4n) is 1.49. The fourth-order valence-corrected chi connectivity index (χ4v) is 3.53. The van der Waals surface area contributed by atoms with Crippen molar-refractivity contribution in [3.63, 3.8) is 0 Å². The average Bonchev–Trinajstić information content (AvgIpc) is 2.47. The lowest BCUT2D eigenvalue weighted by molar-refractivity contribution is 0.0699. The van der Waals surface area contributed by atoms with Crippen molar-refractivity contribution < 1.29 is 9.90 Å². The van der Waals surface area contributed by atoms with Crippen LogP contribution < -0.4 is 0 Å². The zero-order valence-electron chi connectivity index (χ0n) is 7.37. The van der Waals surface area contributed by atoms with Crippen LogP contribution in [0.4, 0.5) is 0 Å². The Balaban J connectivity index is 2.85. The number of rotatable bonds is 1. The lowest BCUT2D eigenvalue weighted by Crippen LogP contribution is -1.94. The van der Waals surface area contributed by atoms with E-state index in [2.05, 4.69) is 22.6 Å². The molecule has 0 atom stereocenters. The Bertz CT molecular complexity index is 516. The van der Waals surface area contributed by atoms with Gasteiger partial charge in [-0.15, -0.1) is 11.3 Å². The maximum Gasteiger partial charge on any atom is 0.337 e. The first kappa shape index (κ1) is 9.92. The van der Waals surface area contributed by atoms with Crippen LogP contribution in [0.5, 0.6) is 0 Å². The van der Waals surface area contributed by atoms with E-state index >= 15 is 0 Å². The zero-order chi connectivity index (χ0) is 10.3. The summed E-state index contributed by atoms with van der Waals surface area (Å²) < 4.78 is 2.19. The van der Waals surface area contributed by atoms with E-state index < -0.39 is 5.97 Å². The van der Waals surface area contributed by atoms with E-state index in [-0.39, 0.29) is 0 Å². The molecular formula is C10H7IO2S. The van der Waals surface area contributed by atoms with Gasteiger partial charge in [-0.25, -0.2) is 4.79 Å². The highest BCUT2D eigenvalue weighted by Crippen LogP contribution is 2.30. The number of hydrogen-bond donors (Lipinski definition) is 1. The summed E-state index contributed by atoms with van der Waals surface area (Å²) in [6.07, 6.45) is 0. The molecule has 2 rings (SSSR count). The number of hydrogen-bond acceptors (Lipinski definition) is 2. The van der Waals surface area contributed by atoms with Gasteiger partial charge in [0.05, 0.1) is 5.56 Å². The van der Waals surface area contributed by atoms with Gasteiger partial charge in [-0.1, -0.05) is 0 Å². The quantitative estimate of drug-likeness (QED) is 0.817. The smallest absolute Gasteiger partial charge is 0.337 e. The molecular weight excluding hydrogens is 311 g/mol. The number of carboxylic acid groups (broad SMARTS) is 1. The number of thiophene rings is 1. The van der Waals surface area contributed by atoms with Gasteiger partial charge >= 0.3 is 5.97 Å². The van der Waals surface area contributed by atoms with Crippen molar-refractivity contribution in [3.05, 3.63) is 32.2 Å². The van der Waals surface area contributed by atoms with Crippen molar-refractivity contribution in [1.82, 2.24) is 0 Å². The van der Waals surface area contributed by atoms with Gasteiger partial charge in [-0.2, -0.15) is 0 Å². The maximum atomic E-state index is 10.9. The van der Waals surface area contributed by atoms with Crippen molar-refractivity contribution in [2.45, 2.75) is 6.92 Å². The Morgan fingerprint density at radius 3 is 2.86 bits per heavy atom. The van der Waals surface area contributed by atoms with Gasteiger partial charge in [0.25, 0.3) is 0 Å². The molecule has 1 N–H and O–H groups in total. The van der Waals surface area contributed by atoms with Crippen LogP contribution in [0.15, 0.2) is 17.5 Å². The van der Waals surface area contributed by atoms with Gasteiger partial charge in [0.15, 0.2) is 0 Å². The van der Waals surface area contributed by atoms with E-state index in [0.29, 0.717) is 5.56 Å². The standard InChI is InChI=1S/C10H7IO2S/c1-5-2-6(11)3-8-9(5)7(4-14-8)10(12)13/h2-4H,1H3,(H,12,13). The number of aryl methyl sites for hydroxylation is 1. The predicted octanol–water partition coefficient (Wildman–Crippen LogP) is 3.51. The highest BCUT2D eigenvalue weighted by atomic mass is 127. The second-order valence-corrected chi connectivity index (χ2v) is 5.21. The van der Waals surface area contributed by atoms with Crippen molar-refractivity contribution in [1.29, 1.82) is 0 Å². The molecule has 2 aromatic rings. The summed E-state index contributed by atoms with van der Waals surface area (Å²) in [6, 6.07) is 4.02. The average molecular weight is 318 g/mol. The van der Waals surface area contributed by atoms with Crippen molar-refractivity contribution in [2.24, 2.45) is 0 Å². The first-order valence-corrected chi connectivity index (χ1v) is 5.96. The molecule has 0 radical (unpaired) electrons. The summed E-state index contributed by atoms with van der Waals surface area (Å²) in [6.45, 7) is 1.95. The third-order valence-electron chi connectivity index (χ3n) is 2.07. The number of fused-ring (bicyclic) bond motifs is 1. The number of benzene rings is 1. The molecule has 2 nitrogen and oxygen atoms in total. The van der Waals surface area contributed by atoms with Crippen LogP contribution in [-0.4, -0.2) is 11.1 Å². The second-order valence-electron chi connectivity index (χ2n) is 3.05. The minimum atomic E-state index is -0.847. The van der Waals surface area contributed by atoms with Gasteiger partial charge in [0, 0.05) is 19.0 Å². The van der Waals surface area contributed by atoms with Crippen LogP contribution in [0.2, 0.25) is 0 Å². The van der Waals surface area contributed by atoms with Gasteiger partial charge in [-0.05, 0) is 47.2 Å². The van der Waals surface area contributed by atoms with Crippen LogP contribution in [0.25, 0.3) is 10.1 Å². The summed E-state index contributed by atoms with van der Waals surface area (Å²) in [5.41, 5.74) is 1.45. The highest BCUT2D eigenvalue weighted by Gasteiger charge is 2.12. The molecule has 1 aromatic heterocycles. The van der Waals surface area contributed by atoms with Crippen LogP contribution in [-0.2, 0) is 0 Å². The Morgan fingerprint density at radius 1 is 1.50 bits per heavy atom. The van der Waals surface area contributed by atoms with E-state index in [1.807, 2.05) is 19.1 Å². The molecule has 1 aromatic carbocycles. The Morgan fingerprint density at radius 2 is 2.21 bits per heavy atom. The van der Waals surface area contributed by atoms with E-state index in [1.54, 1.807) is 5.38 Å². The minimum absolute atomic E-state index is 0.416. The molecule has 72 valence electrons. The Kier molecular flexibility index (Phi) is 2.48. The Hall–Kier alpha value is -0.620. The molecule has 0 aliphatic rings. The lowest BCUT2D eigenvalue weighted by atomic mass is 10.1. The van der Waals surface area contributed by atoms with Crippen LogP contribution >= 0.6 is 33.9 Å². The second kappa shape index (κ2) is 3.51. The summed E-state index contributed by atoms with van der Waals surface area (Å²) in [5, 5.41) is 11.6. The maximum absolute atomic E-state index is 10.9. The molecule has 0 spiro atoms. The summed E-state index contributed by atoms with van der Waals surface area (Å²) in [7, 11) is 0. The molecule has 14 heavy (non-hydrogen) atoms. The zero-order valence-corrected chi connectivity index (χ0v) is 10.3. The topological polar surface area (TPSA) is 37.3 Å². The molecule has 0 saturated carbocycles. The molecule has 0 fully saturated rings. The first-order chi connectivity index (χ1) is 6.59. The molecule has 0 bridgehead atoms. The van der Waals surface area contributed by atoms with Crippen molar-refractivity contribution in [2.75, 3.05) is 0 Å². The minimum Gasteiger partial charge on any atom is -0.478 e. The normalized spacial score (nSPS) is 10.7. The fraction of sp³-hybridized carbons (Fsp3) is 0.100. The molecule has 4 heteroatoms. The third-order valence-corrected chi connectivity index (χ3v) is 3.62. The predicted molar refractivity (Wildman–Crippen MR) is 66.2 cm³/mol. The van der Waals surface area contributed by atoms with Crippen LogP contribution in [0.1, 0.15) is 15.9 Å². The largest absolute Gasteiger partial charge is 0.478 e. The van der Waals surface area contributed by atoms with E-state index in [1.165, 1.54) is 11.3 Å². The van der Waals surface area contributed by atoms with E-state index in [9.17, 15) is 4.79 Å². The van der Waals surface area contributed by atoms with Crippen LogP contribution in [0.3, 0.4) is 0 Å². The van der Waals surface area contributed by atoms with Crippen LogP contribution in [0, 0.1) is 10.5 Å². The van der Waals surface area contributed by atoms with Crippen molar-refractivity contribution in [3.8, 4) is 0 Å². The van der Waals surface area contributed by atoms with Gasteiger partial charge in [0.1, 0.15) is 0 Å². The SMILES string of the molecule is Cc1cc(I)cc2scc(C(=O)O)c12. The van der Waals surface area contributed by atoms with Gasteiger partial charge in [0.2, 0.25) is 0 Å². The van der Waals surface area contributed by atoms with Gasteiger partial charge in [-0.3, -0.25) is 0 Å². The molecule has 0 amide bonds. The molecule has 0 unspecified atom stereocenters. The number of carbonyl (C=O) groups is 1. The first-order valence-electron chi connectivity index (χ1n) is 4.00.